The predicted molar refractivity (Wildman–Crippen MR) is 98.7 cm³/mol. The van der Waals surface area contributed by atoms with Gasteiger partial charge < -0.3 is 14.5 Å². The van der Waals surface area contributed by atoms with Crippen LogP contribution in [0.2, 0.25) is 0 Å². The summed E-state index contributed by atoms with van der Waals surface area (Å²) in [5, 5.41) is 0. The lowest BCUT2D eigenvalue weighted by molar-refractivity contribution is -0.142. The first-order valence-corrected chi connectivity index (χ1v) is 10.6. The molecule has 2 atom stereocenters. The van der Waals surface area contributed by atoms with Gasteiger partial charge in [-0.05, 0) is 38.5 Å². The zero-order valence-corrected chi connectivity index (χ0v) is 16.1. The van der Waals surface area contributed by atoms with Gasteiger partial charge in [-0.25, -0.2) is 0 Å². The van der Waals surface area contributed by atoms with Gasteiger partial charge in [0.1, 0.15) is 6.04 Å². The molecule has 0 aromatic carbocycles. The molecule has 0 radical (unpaired) electrons. The first kappa shape index (κ1) is 18.2. The minimum atomic E-state index is -0.326. The standard InChI is InChI=1S/C20H33N3O3/c1-15(24)23-14-18(26-17-7-3-8-17)13-19(23)20(25)22-10-4-9-21(11-12-22)16-5-2-6-16/h16-19H,2-14H2,1H3. The molecule has 4 aliphatic rings. The Bertz CT molecular complexity index is 532. The minimum absolute atomic E-state index is 0.00558. The highest BCUT2D eigenvalue weighted by atomic mass is 16.5. The van der Waals surface area contributed by atoms with Crippen molar-refractivity contribution in [3.8, 4) is 0 Å². The van der Waals surface area contributed by atoms with Crippen LogP contribution in [0.25, 0.3) is 0 Å². The quantitative estimate of drug-likeness (QED) is 0.762. The van der Waals surface area contributed by atoms with Crippen molar-refractivity contribution in [3.63, 3.8) is 0 Å². The Morgan fingerprint density at radius 3 is 2.27 bits per heavy atom. The van der Waals surface area contributed by atoms with E-state index in [-0.39, 0.29) is 24.0 Å². The number of carbonyl (C=O) groups is 2. The third kappa shape index (κ3) is 3.77. The number of nitrogens with zero attached hydrogens (tertiary/aromatic N) is 3. The second kappa shape index (κ2) is 7.85. The van der Waals surface area contributed by atoms with Crippen molar-refractivity contribution in [3.05, 3.63) is 0 Å². The van der Waals surface area contributed by atoms with Crippen molar-refractivity contribution in [2.75, 3.05) is 32.7 Å². The van der Waals surface area contributed by atoms with Gasteiger partial charge in [0.05, 0.1) is 12.2 Å². The van der Waals surface area contributed by atoms with Crippen molar-refractivity contribution in [1.82, 2.24) is 14.7 Å². The summed E-state index contributed by atoms with van der Waals surface area (Å²) in [6, 6.07) is 0.415. The molecule has 2 saturated heterocycles. The van der Waals surface area contributed by atoms with E-state index in [9.17, 15) is 9.59 Å². The molecule has 26 heavy (non-hydrogen) atoms. The Hall–Kier alpha value is -1.14. The lowest BCUT2D eigenvalue weighted by Gasteiger charge is -2.36. The van der Waals surface area contributed by atoms with Gasteiger partial charge in [0.25, 0.3) is 0 Å². The molecule has 2 heterocycles. The Kier molecular flexibility index (Phi) is 5.50. The molecule has 2 aliphatic heterocycles. The minimum Gasteiger partial charge on any atom is -0.373 e. The molecule has 146 valence electrons. The summed E-state index contributed by atoms with van der Waals surface area (Å²) in [5.41, 5.74) is 0. The molecule has 0 spiro atoms. The van der Waals surface area contributed by atoms with E-state index in [0.717, 1.165) is 51.5 Å². The summed E-state index contributed by atoms with van der Waals surface area (Å²) < 4.78 is 6.12. The van der Waals surface area contributed by atoms with Gasteiger partial charge in [-0.1, -0.05) is 6.42 Å². The second-order valence-corrected chi connectivity index (χ2v) is 8.53. The first-order chi connectivity index (χ1) is 12.6. The molecule has 6 heteroatoms. The highest BCUT2D eigenvalue weighted by Gasteiger charge is 2.42. The van der Waals surface area contributed by atoms with Crippen molar-refractivity contribution in [1.29, 1.82) is 0 Å². The Labute approximate surface area is 156 Å². The average molecular weight is 364 g/mol. The molecule has 4 fully saturated rings. The maximum atomic E-state index is 13.2. The van der Waals surface area contributed by atoms with Gasteiger partial charge >= 0.3 is 0 Å². The van der Waals surface area contributed by atoms with Gasteiger partial charge in [-0.15, -0.1) is 0 Å². The van der Waals surface area contributed by atoms with Crippen molar-refractivity contribution < 1.29 is 14.3 Å². The molecule has 2 aliphatic carbocycles. The molecule has 0 bridgehead atoms. The van der Waals surface area contributed by atoms with Crippen LogP contribution in [0.15, 0.2) is 0 Å². The van der Waals surface area contributed by atoms with Gasteiger partial charge in [0.15, 0.2) is 0 Å². The molecule has 2 unspecified atom stereocenters. The highest BCUT2D eigenvalue weighted by Crippen LogP contribution is 2.30. The van der Waals surface area contributed by atoms with Gasteiger partial charge in [0, 0.05) is 52.1 Å². The zero-order valence-electron chi connectivity index (χ0n) is 16.1. The number of carbonyl (C=O) groups excluding carboxylic acids is 2. The highest BCUT2D eigenvalue weighted by molar-refractivity contribution is 5.87. The van der Waals surface area contributed by atoms with E-state index in [1.807, 2.05) is 4.90 Å². The van der Waals surface area contributed by atoms with Gasteiger partial charge in [-0.2, -0.15) is 0 Å². The SMILES string of the molecule is CC(=O)N1CC(OC2CCC2)CC1C(=O)N1CCCN(C2CCC2)CC1. The third-order valence-corrected chi connectivity index (χ3v) is 6.82. The molecular weight excluding hydrogens is 330 g/mol. The zero-order chi connectivity index (χ0) is 18.1. The summed E-state index contributed by atoms with van der Waals surface area (Å²) in [5.74, 6) is 0.129. The summed E-state index contributed by atoms with van der Waals surface area (Å²) in [6.07, 6.45) is 9.53. The lowest BCUT2D eigenvalue weighted by atomic mass is 9.91. The van der Waals surface area contributed by atoms with Crippen molar-refractivity contribution in [2.24, 2.45) is 0 Å². The molecule has 6 nitrogen and oxygen atoms in total. The molecule has 0 aromatic heterocycles. The summed E-state index contributed by atoms with van der Waals surface area (Å²) in [4.78, 5) is 31.6. The maximum absolute atomic E-state index is 13.2. The third-order valence-electron chi connectivity index (χ3n) is 6.82. The van der Waals surface area contributed by atoms with E-state index in [2.05, 4.69) is 4.90 Å². The molecular formula is C20H33N3O3. The van der Waals surface area contributed by atoms with E-state index in [1.54, 1.807) is 11.8 Å². The number of rotatable bonds is 4. The Morgan fingerprint density at radius 2 is 1.65 bits per heavy atom. The fraction of sp³-hybridized carbons (Fsp3) is 0.900. The van der Waals surface area contributed by atoms with Crippen LogP contribution < -0.4 is 0 Å². The number of likely N-dealkylation sites (tertiary alicyclic amines) is 1. The normalized spacial score (nSPS) is 31.4. The van der Waals surface area contributed by atoms with Gasteiger partial charge in [0.2, 0.25) is 11.8 Å². The van der Waals surface area contributed by atoms with E-state index in [4.69, 9.17) is 4.74 Å². The van der Waals surface area contributed by atoms with E-state index in [1.165, 1.54) is 25.7 Å². The number of ether oxygens (including phenoxy) is 1. The second-order valence-electron chi connectivity index (χ2n) is 8.53. The Morgan fingerprint density at radius 1 is 0.885 bits per heavy atom. The van der Waals surface area contributed by atoms with Crippen molar-refractivity contribution in [2.45, 2.75) is 82.6 Å². The molecule has 2 amide bonds. The maximum Gasteiger partial charge on any atom is 0.245 e. The summed E-state index contributed by atoms with van der Waals surface area (Å²) in [7, 11) is 0. The predicted octanol–water partition coefficient (Wildman–Crippen LogP) is 1.63. The number of amides is 2. The first-order valence-electron chi connectivity index (χ1n) is 10.6. The van der Waals surface area contributed by atoms with Crippen LogP contribution in [0.1, 0.15) is 58.3 Å². The molecule has 0 N–H and O–H groups in total. The van der Waals surface area contributed by atoms with Crippen LogP contribution in [-0.4, -0.2) is 83.5 Å². The topological polar surface area (TPSA) is 53.1 Å². The monoisotopic (exact) mass is 363 g/mol. The summed E-state index contributed by atoms with van der Waals surface area (Å²) >= 11 is 0. The van der Waals surface area contributed by atoms with E-state index < -0.39 is 0 Å². The van der Waals surface area contributed by atoms with Crippen LogP contribution in [0.4, 0.5) is 0 Å². The molecule has 0 aromatic rings. The molecule has 2 saturated carbocycles. The average Bonchev–Trinajstić information content (AvgIpc) is 2.81. The van der Waals surface area contributed by atoms with Crippen LogP contribution >= 0.6 is 0 Å². The van der Waals surface area contributed by atoms with Crippen LogP contribution in [0, 0.1) is 0 Å². The van der Waals surface area contributed by atoms with Crippen LogP contribution in [0.3, 0.4) is 0 Å². The van der Waals surface area contributed by atoms with Crippen LogP contribution in [-0.2, 0) is 14.3 Å². The fourth-order valence-corrected chi connectivity index (χ4v) is 4.74. The molecule has 4 rings (SSSR count). The van der Waals surface area contributed by atoms with E-state index in [0.29, 0.717) is 19.1 Å². The van der Waals surface area contributed by atoms with Crippen LogP contribution in [0.5, 0.6) is 0 Å². The summed E-state index contributed by atoms with van der Waals surface area (Å²) in [6.45, 7) is 5.84. The van der Waals surface area contributed by atoms with Gasteiger partial charge in [-0.3, -0.25) is 14.5 Å². The Balaban J connectivity index is 1.36. The smallest absolute Gasteiger partial charge is 0.245 e. The number of hydrogen-bond donors (Lipinski definition) is 0. The lowest BCUT2D eigenvalue weighted by Crippen LogP contribution is -2.48. The fourth-order valence-electron chi connectivity index (χ4n) is 4.74. The van der Waals surface area contributed by atoms with Crippen molar-refractivity contribution >= 4 is 11.8 Å². The largest absolute Gasteiger partial charge is 0.373 e. The number of hydrogen-bond acceptors (Lipinski definition) is 4. The van der Waals surface area contributed by atoms with E-state index >= 15 is 0 Å².